The number of carboxylic acid groups (broad SMARTS) is 1. The second kappa shape index (κ2) is 5.87. The summed E-state index contributed by atoms with van der Waals surface area (Å²) in [5, 5.41) is 13.9. The third-order valence-electron chi connectivity index (χ3n) is 2.82. The lowest BCUT2D eigenvalue weighted by molar-refractivity contribution is -0.140. The van der Waals surface area contributed by atoms with E-state index in [9.17, 15) is 14.4 Å². The van der Waals surface area contributed by atoms with Crippen LogP contribution in [0.4, 0.5) is 9.93 Å². The van der Waals surface area contributed by atoms with Crippen LogP contribution in [0.5, 0.6) is 0 Å². The van der Waals surface area contributed by atoms with Crippen LogP contribution >= 0.6 is 11.3 Å². The SMILES string of the molecule is NC(=O)C[C@H](NC(=O)Nc1nc2c(s1)CCC2)C(=O)O. The zero-order valence-corrected chi connectivity index (χ0v) is 11.3. The van der Waals surface area contributed by atoms with Crippen LogP contribution in [0.15, 0.2) is 0 Å². The summed E-state index contributed by atoms with van der Waals surface area (Å²) < 4.78 is 0. The van der Waals surface area contributed by atoms with Crippen molar-refractivity contribution in [2.75, 3.05) is 5.32 Å². The zero-order chi connectivity index (χ0) is 14.7. The fourth-order valence-electron chi connectivity index (χ4n) is 1.94. The Kier molecular flexibility index (Phi) is 4.18. The number of carboxylic acids is 1. The second-order valence-corrected chi connectivity index (χ2v) is 5.49. The van der Waals surface area contributed by atoms with Crippen LogP contribution in [0.25, 0.3) is 0 Å². The Morgan fingerprint density at radius 3 is 2.75 bits per heavy atom. The average Bonchev–Trinajstić information content (AvgIpc) is 2.87. The van der Waals surface area contributed by atoms with Crippen molar-refractivity contribution < 1.29 is 19.5 Å². The van der Waals surface area contributed by atoms with E-state index in [0.717, 1.165) is 29.8 Å². The number of nitrogens with one attached hydrogen (secondary N) is 2. The molecule has 0 radical (unpaired) electrons. The molecule has 1 aliphatic carbocycles. The van der Waals surface area contributed by atoms with Gasteiger partial charge in [0.05, 0.1) is 12.1 Å². The Labute approximate surface area is 118 Å². The molecular formula is C11H14N4O4S. The number of aryl methyl sites for hydroxylation is 2. The van der Waals surface area contributed by atoms with Gasteiger partial charge in [0, 0.05) is 4.88 Å². The van der Waals surface area contributed by atoms with Gasteiger partial charge in [-0.3, -0.25) is 10.1 Å². The van der Waals surface area contributed by atoms with Gasteiger partial charge in [-0.15, -0.1) is 11.3 Å². The molecule has 1 aromatic heterocycles. The molecule has 1 atom stereocenters. The van der Waals surface area contributed by atoms with E-state index in [0.29, 0.717) is 5.13 Å². The molecule has 0 spiro atoms. The van der Waals surface area contributed by atoms with E-state index in [1.54, 1.807) is 0 Å². The predicted octanol–water partition coefficient (Wildman–Crippen LogP) is 0.0819. The molecule has 20 heavy (non-hydrogen) atoms. The molecule has 0 fully saturated rings. The standard InChI is InChI=1S/C11H14N4O4S/c12-8(16)4-6(9(17)18)13-10(19)15-11-14-5-2-1-3-7(5)20-11/h6H,1-4H2,(H2,12,16)(H,17,18)(H2,13,14,15,19)/t6-/m0/s1. The molecule has 5 N–H and O–H groups in total. The van der Waals surface area contributed by atoms with Gasteiger partial charge in [-0.05, 0) is 19.3 Å². The van der Waals surface area contributed by atoms with Gasteiger partial charge in [0.2, 0.25) is 5.91 Å². The number of urea groups is 1. The lowest BCUT2D eigenvalue weighted by Crippen LogP contribution is -2.45. The number of amides is 3. The number of carbonyl (C=O) groups is 3. The fourth-order valence-corrected chi connectivity index (χ4v) is 2.98. The van der Waals surface area contributed by atoms with Gasteiger partial charge in [0.25, 0.3) is 0 Å². The molecule has 0 saturated heterocycles. The van der Waals surface area contributed by atoms with Gasteiger partial charge in [0.15, 0.2) is 5.13 Å². The van der Waals surface area contributed by atoms with E-state index in [2.05, 4.69) is 15.6 Å². The number of anilines is 1. The van der Waals surface area contributed by atoms with Crippen molar-refractivity contribution >= 4 is 34.4 Å². The number of rotatable bonds is 5. The first-order valence-corrected chi connectivity index (χ1v) is 6.84. The highest BCUT2D eigenvalue weighted by molar-refractivity contribution is 7.15. The van der Waals surface area contributed by atoms with Crippen molar-refractivity contribution in [3.05, 3.63) is 10.6 Å². The number of thiazole rings is 1. The zero-order valence-electron chi connectivity index (χ0n) is 10.5. The molecule has 1 aliphatic rings. The van der Waals surface area contributed by atoms with E-state index in [1.807, 2.05) is 0 Å². The molecule has 3 amide bonds. The number of hydrogen-bond acceptors (Lipinski definition) is 5. The first-order chi connectivity index (χ1) is 9.45. The number of nitrogens with two attached hydrogens (primary N) is 1. The third kappa shape index (κ3) is 3.44. The van der Waals surface area contributed by atoms with Crippen molar-refractivity contribution in [1.29, 1.82) is 0 Å². The van der Waals surface area contributed by atoms with Crippen LogP contribution in [0.3, 0.4) is 0 Å². The Balaban J connectivity index is 1.93. The number of nitrogens with zero attached hydrogens (tertiary/aromatic N) is 1. The number of aliphatic carboxylic acids is 1. The maximum absolute atomic E-state index is 11.7. The molecule has 0 aromatic carbocycles. The number of carbonyl (C=O) groups excluding carboxylic acids is 2. The van der Waals surface area contributed by atoms with Crippen LogP contribution in [0.2, 0.25) is 0 Å². The topological polar surface area (TPSA) is 134 Å². The van der Waals surface area contributed by atoms with Crippen molar-refractivity contribution in [2.24, 2.45) is 5.73 Å². The third-order valence-corrected chi connectivity index (χ3v) is 3.90. The number of fused-ring (bicyclic) bond motifs is 1. The molecule has 108 valence electrons. The first-order valence-electron chi connectivity index (χ1n) is 6.03. The molecule has 0 unspecified atom stereocenters. The maximum Gasteiger partial charge on any atom is 0.326 e. The minimum Gasteiger partial charge on any atom is -0.480 e. The highest BCUT2D eigenvalue weighted by Crippen LogP contribution is 2.30. The summed E-state index contributed by atoms with van der Waals surface area (Å²) in [6, 6.07) is -2.06. The Morgan fingerprint density at radius 1 is 1.40 bits per heavy atom. The van der Waals surface area contributed by atoms with E-state index < -0.39 is 30.4 Å². The normalized spacial score (nSPS) is 14.4. The van der Waals surface area contributed by atoms with Crippen LogP contribution in [0, 0.1) is 0 Å². The monoisotopic (exact) mass is 298 g/mol. The smallest absolute Gasteiger partial charge is 0.326 e. The minimum absolute atomic E-state index is 0.426. The van der Waals surface area contributed by atoms with E-state index in [4.69, 9.17) is 10.8 Å². The van der Waals surface area contributed by atoms with Crippen molar-refractivity contribution in [2.45, 2.75) is 31.7 Å². The molecular weight excluding hydrogens is 284 g/mol. The van der Waals surface area contributed by atoms with Gasteiger partial charge >= 0.3 is 12.0 Å². The van der Waals surface area contributed by atoms with Gasteiger partial charge in [-0.25, -0.2) is 14.6 Å². The molecule has 0 aliphatic heterocycles. The highest BCUT2D eigenvalue weighted by atomic mass is 32.1. The van der Waals surface area contributed by atoms with Gasteiger partial charge in [-0.1, -0.05) is 0 Å². The number of primary amides is 1. The maximum atomic E-state index is 11.7. The molecule has 1 heterocycles. The quantitative estimate of drug-likeness (QED) is 0.610. The van der Waals surface area contributed by atoms with Gasteiger partial charge in [0.1, 0.15) is 6.04 Å². The fraction of sp³-hybridized carbons (Fsp3) is 0.455. The van der Waals surface area contributed by atoms with Crippen LogP contribution in [0.1, 0.15) is 23.4 Å². The molecule has 2 rings (SSSR count). The Bertz CT molecular complexity index is 535. The van der Waals surface area contributed by atoms with Crippen molar-refractivity contribution in [1.82, 2.24) is 10.3 Å². The minimum atomic E-state index is -1.35. The van der Waals surface area contributed by atoms with Crippen molar-refractivity contribution in [3.63, 3.8) is 0 Å². The largest absolute Gasteiger partial charge is 0.480 e. The molecule has 9 heteroatoms. The van der Waals surface area contributed by atoms with Crippen LogP contribution in [-0.2, 0) is 22.4 Å². The molecule has 8 nitrogen and oxygen atoms in total. The average molecular weight is 298 g/mol. The van der Waals surface area contributed by atoms with E-state index in [1.165, 1.54) is 11.3 Å². The number of hydrogen-bond donors (Lipinski definition) is 4. The summed E-state index contributed by atoms with van der Waals surface area (Å²) in [4.78, 5) is 38.7. The highest BCUT2D eigenvalue weighted by Gasteiger charge is 2.23. The number of aromatic nitrogens is 1. The molecule has 1 aromatic rings. The van der Waals surface area contributed by atoms with Crippen LogP contribution in [-0.4, -0.2) is 34.0 Å². The summed E-state index contributed by atoms with van der Waals surface area (Å²) in [5.74, 6) is -2.12. The Morgan fingerprint density at radius 2 is 2.15 bits per heavy atom. The van der Waals surface area contributed by atoms with E-state index in [-0.39, 0.29) is 0 Å². The summed E-state index contributed by atoms with van der Waals surface area (Å²) in [7, 11) is 0. The summed E-state index contributed by atoms with van der Waals surface area (Å²) in [6.45, 7) is 0. The lowest BCUT2D eigenvalue weighted by atomic mass is 10.2. The predicted molar refractivity (Wildman–Crippen MR) is 71.5 cm³/mol. The molecule has 0 bridgehead atoms. The van der Waals surface area contributed by atoms with E-state index >= 15 is 0 Å². The second-order valence-electron chi connectivity index (χ2n) is 4.40. The van der Waals surface area contributed by atoms with Crippen molar-refractivity contribution in [3.8, 4) is 0 Å². The lowest BCUT2D eigenvalue weighted by Gasteiger charge is -2.12. The van der Waals surface area contributed by atoms with Gasteiger partial charge < -0.3 is 16.2 Å². The first kappa shape index (κ1) is 14.3. The van der Waals surface area contributed by atoms with Crippen LogP contribution < -0.4 is 16.4 Å². The molecule has 0 saturated carbocycles. The summed E-state index contributed by atoms with van der Waals surface area (Å²) in [5.41, 5.74) is 5.91. The Hall–Kier alpha value is -2.16. The summed E-state index contributed by atoms with van der Waals surface area (Å²) in [6.07, 6.45) is 2.46. The van der Waals surface area contributed by atoms with Gasteiger partial charge in [-0.2, -0.15) is 0 Å². The summed E-state index contributed by atoms with van der Waals surface area (Å²) >= 11 is 1.38.